The molecule has 1 N–H and O–H groups in total. The Morgan fingerprint density at radius 2 is 1.90 bits per heavy atom. The minimum Gasteiger partial charge on any atom is -0.481 e. The number of likely N-dealkylation sites (tertiary alicyclic amines) is 1. The first-order valence-corrected chi connectivity index (χ1v) is 7.55. The first-order valence-electron chi connectivity index (χ1n) is 7.55. The molecule has 1 aromatic rings. The number of hydrogen-bond acceptors (Lipinski definition) is 2. The second kappa shape index (κ2) is 6.89. The van der Waals surface area contributed by atoms with Gasteiger partial charge in [-0.25, -0.2) is 0 Å². The smallest absolute Gasteiger partial charge is 0.303 e. The van der Waals surface area contributed by atoms with Gasteiger partial charge >= 0.3 is 5.97 Å². The molecule has 1 heterocycles. The van der Waals surface area contributed by atoms with Gasteiger partial charge in [-0.2, -0.15) is 0 Å². The number of carbonyl (C=O) groups is 1. The molecule has 0 aromatic heterocycles. The summed E-state index contributed by atoms with van der Waals surface area (Å²) in [4.78, 5) is 13.2. The maximum absolute atomic E-state index is 10.6. The number of carboxylic acids is 1. The highest BCUT2D eigenvalue weighted by Gasteiger charge is 2.21. The molecule has 2 rings (SSSR count). The summed E-state index contributed by atoms with van der Waals surface area (Å²) in [7, 11) is 0. The zero-order chi connectivity index (χ0) is 14.5. The Hall–Kier alpha value is -1.35. The van der Waals surface area contributed by atoms with Crippen LogP contribution in [0.15, 0.2) is 24.3 Å². The molecule has 2 unspecified atom stereocenters. The van der Waals surface area contributed by atoms with Gasteiger partial charge in [0.05, 0.1) is 0 Å². The molecule has 3 nitrogen and oxygen atoms in total. The predicted octanol–water partition coefficient (Wildman–Crippen LogP) is 3.18. The summed E-state index contributed by atoms with van der Waals surface area (Å²) in [6.45, 7) is 7.97. The minimum absolute atomic E-state index is 0.210. The maximum atomic E-state index is 10.6. The molecule has 1 aliphatic heterocycles. The van der Waals surface area contributed by atoms with Gasteiger partial charge in [-0.15, -0.1) is 0 Å². The fraction of sp³-hybridized carbons (Fsp3) is 0.588. The van der Waals surface area contributed by atoms with Crippen LogP contribution in [0.1, 0.15) is 37.8 Å². The highest BCUT2D eigenvalue weighted by molar-refractivity contribution is 5.67. The van der Waals surface area contributed by atoms with Crippen LogP contribution in [0.2, 0.25) is 0 Å². The van der Waals surface area contributed by atoms with Crippen molar-refractivity contribution in [2.45, 2.75) is 39.7 Å². The number of piperidine rings is 1. The van der Waals surface area contributed by atoms with Crippen LogP contribution in [0, 0.1) is 11.8 Å². The summed E-state index contributed by atoms with van der Waals surface area (Å²) < 4.78 is 0. The molecule has 1 aliphatic rings. The molecule has 3 heteroatoms. The summed E-state index contributed by atoms with van der Waals surface area (Å²) in [6.07, 6.45) is 2.16. The Morgan fingerprint density at radius 1 is 1.25 bits per heavy atom. The predicted molar refractivity (Wildman–Crippen MR) is 80.6 cm³/mol. The molecule has 1 aromatic carbocycles. The van der Waals surface area contributed by atoms with E-state index in [-0.39, 0.29) is 6.42 Å². The summed E-state index contributed by atoms with van der Waals surface area (Å²) >= 11 is 0. The van der Waals surface area contributed by atoms with Crippen LogP contribution >= 0.6 is 0 Å². The number of nitrogens with zero attached hydrogens (tertiary/aromatic N) is 1. The number of aliphatic carboxylic acids is 1. The zero-order valence-corrected chi connectivity index (χ0v) is 12.5. The van der Waals surface area contributed by atoms with Crippen molar-refractivity contribution in [3.05, 3.63) is 35.4 Å². The summed E-state index contributed by atoms with van der Waals surface area (Å²) in [5.41, 5.74) is 2.43. The van der Waals surface area contributed by atoms with E-state index < -0.39 is 5.97 Å². The first-order chi connectivity index (χ1) is 9.52. The average molecular weight is 275 g/mol. The maximum Gasteiger partial charge on any atom is 0.303 e. The van der Waals surface area contributed by atoms with Gasteiger partial charge < -0.3 is 5.11 Å². The van der Waals surface area contributed by atoms with E-state index in [1.807, 2.05) is 12.1 Å². The number of rotatable bonds is 5. The zero-order valence-electron chi connectivity index (χ0n) is 12.5. The SMILES string of the molecule is CC1CC(C)CN(Cc2cccc(CCC(=O)O)c2)C1. The highest BCUT2D eigenvalue weighted by Crippen LogP contribution is 2.22. The molecule has 0 radical (unpaired) electrons. The van der Waals surface area contributed by atoms with Crippen LogP contribution in [-0.4, -0.2) is 29.1 Å². The molecular weight excluding hydrogens is 250 g/mol. The molecular formula is C17H25NO2. The van der Waals surface area contributed by atoms with Gasteiger partial charge in [0.2, 0.25) is 0 Å². The normalized spacial score (nSPS) is 23.7. The number of carboxylic acid groups (broad SMARTS) is 1. The quantitative estimate of drug-likeness (QED) is 0.897. The summed E-state index contributed by atoms with van der Waals surface area (Å²) in [5.74, 6) is 0.817. The third-order valence-electron chi connectivity index (χ3n) is 3.97. The lowest BCUT2D eigenvalue weighted by molar-refractivity contribution is -0.136. The third-order valence-corrected chi connectivity index (χ3v) is 3.97. The van der Waals surface area contributed by atoms with E-state index in [1.165, 1.54) is 25.1 Å². The van der Waals surface area contributed by atoms with E-state index in [1.54, 1.807) is 0 Å². The van der Waals surface area contributed by atoms with Gasteiger partial charge in [0.1, 0.15) is 0 Å². The van der Waals surface area contributed by atoms with Gasteiger partial charge in [-0.05, 0) is 35.8 Å². The Kier molecular flexibility index (Phi) is 5.18. The van der Waals surface area contributed by atoms with Gasteiger partial charge in [0.25, 0.3) is 0 Å². The Balaban J connectivity index is 1.95. The standard InChI is InChI=1S/C17H25NO2/c1-13-8-14(2)11-18(10-13)12-16-5-3-4-15(9-16)6-7-17(19)20/h3-5,9,13-14H,6-8,10-12H2,1-2H3,(H,19,20). The number of benzene rings is 1. The topological polar surface area (TPSA) is 40.5 Å². The van der Waals surface area contributed by atoms with Gasteiger partial charge in [-0.1, -0.05) is 38.1 Å². The van der Waals surface area contributed by atoms with Crippen LogP contribution in [0.3, 0.4) is 0 Å². The monoisotopic (exact) mass is 275 g/mol. The lowest BCUT2D eigenvalue weighted by Gasteiger charge is -2.35. The largest absolute Gasteiger partial charge is 0.481 e. The molecule has 1 fully saturated rings. The van der Waals surface area contributed by atoms with E-state index >= 15 is 0 Å². The van der Waals surface area contributed by atoms with Gasteiger partial charge in [-0.3, -0.25) is 9.69 Å². The second-order valence-electron chi connectivity index (χ2n) is 6.35. The van der Waals surface area contributed by atoms with Crippen LogP contribution in [0.5, 0.6) is 0 Å². The van der Waals surface area contributed by atoms with E-state index in [2.05, 4.69) is 30.9 Å². The van der Waals surface area contributed by atoms with Crippen molar-refractivity contribution < 1.29 is 9.90 Å². The van der Waals surface area contributed by atoms with E-state index in [0.29, 0.717) is 6.42 Å². The van der Waals surface area contributed by atoms with Crippen LogP contribution in [-0.2, 0) is 17.8 Å². The van der Waals surface area contributed by atoms with Crippen molar-refractivity contribution in [3.63, 3.8) is 0 Å². The van der Waals surface area contributed by atoms with Crippen LogP contribution < -0.4 is 0 Å². The number of aryl methyl sites for hydroxylation is 1. The molecule has 0 saturated carbocycles. The molecule has 0 amide bonds. The number of hydrogen-bond donors (Lipinski definition) is 1. The fourth-order valence-electron chi connectivity index (χ4n) is 3.31. The Morgan fingerprint density at radius 3 is 2.55 bits per heavy atom. The fourth-order valence-corrected chi connectivity index (χ4v) is 3.31. The molecule has 0 spiro atoms. The Bertz CT molecular complexity index is 448. The molecule has 0 bridgehead atoms. The third kappa shape index (κ3) is 4.64. The van der Waals surface area contributed by atoms with Crippen molar-refractivity contribution in [1.29, 1.82) is 0 Å². The van der Waals surface area contributed by atoms with E-state index in [9.17, 15) is 4.79 Å². The second-order valence-corrected chi connectivity index (χ2v) is 6.35. The average Bonchev–Trinajstić information content (AvgIpc) is 2.35. The summed E-state index contributed by atoms with van der Waals surface area (Å²) in [5, 5.41) is 8.76. The molecule has 2 atom stereocenters. The molecule has 1 saturated heterocycles. The van der Waals surface area contributed by atoms with Crippen LogP contribution in [0.25, 0.3) is 0 Å². The lowest BCUT2D eigenvalue weighted by Crippen LogP contribution is -2.38. The first kappa shape index (κ1) is 15.0. The van der Waals surface area contributed by atoms with Crippen molar-refractivity contribution in [3.8, 4) is 0 Å². The molecule has 20 heavy (non-hydrogen) atoms. The van der Waals surface area contributed by atoms with Crippen molar-refractivity contribution >= 4 is 5.97 Å². The molecule has 0 aliphatic carbocycles. The van der Waals surface area contributed by atoms with Crippen molar-refractivity contribution in [2.24, 2.45) is 11.8 Å². The highest BCUT2D eigenvalue weighted by atomic mass is 16.4. The summed E-state index contributed by atoms with van der Waals surface area (Å²) in [6, 6.07) is 8.37. The van der Waals surface area contributed by atoms with E-state index in [0.717, 1.165) is 23.9 Å². The van der Waals surface area contributed by atoms with Crippen molar-refractivity contribution in [2.75, 3.05) is 13.1 Å². The lowest BCUT2D eigenvalue weighted by atomic mass is 9.91. The molecule has 110 valence electrons. The minimum atomic E-state index is -0.728. The Labute approximate surface area is 121 Å². The van der Waals surface area contributed by atoms with Crippen molar-refractivity contribution in [1.82, 2.24) is 4.90 Å². The van der Waals surface area contributed by atoms with Gasteiger partial charge in [0.15, 0.2) is 0 Å². The van der Waals surface area contributed by atoms with Gasteiger partial charge in [0, 0.05) is 26.1 Å². The van der Waals surface area contributed by atoms with E-state index in [4.69, 9.17) is 5.11 Å². The van der Waals surface area contributed by atoms with Crippen LogP contribution in [0.4, 0.5) is 0 Å².